The highest BCUT2D eigenvalue weighted by Crippen LogP contribution is 2.21. The lowest BCUT2D eigenvalue weighted by Gasteiger charge is -2.14. The Kier molecular flexibility index (Phi) is 9.04. The highest BCUT2D eigenvalue weighted by Gasteiger charge is 2.17. The van der Waals surface area contributed by atoms with Gasteiger partial charge in [-0.05, 0) is 48.3 Å². The Morgan fingerprint density at radius 3 is 2.55 bits per heavy atom. The molecule has 5 nitrogen and oxygen atoms in total. The lowest BCUT2D eigenvalue weighted by atomic mass is 10.2. The highest BCUT2D eigenvalue weighted by atomic mass is 79.9. The van der Waals surface area contributed by atoms with Crippen molar-refractivity contribution in [1.29, 1.82) is 0 Å². The summed E-state index contributed by atoms with van der Waals surface area (Å²) in [4.78, 5) is 24.1. The fourth-order valence-corrected chi connectivity index (χ4v) is 2.63. The predicted molar refractivity (Wildman–Crippen MR) is 87.5 cm³/mol. The van der Waals surface area contributed by atoms with Crippen LogP contribution in [0.2, 0.25) is 0 Å². The Hall–Kier alpha value is -0.630. The topological polar surface area (TPSA) is 84.2 Å². The molecule has 0 spiro atoms. The fourth-order valence-electron chi connectivity index (χ4n) is 1.35. The Morgan fingerprint density at radius 2 is 2.05 bits per heavy atom. The van der Waals surface area contributed by atoms with Gasteiger partial charge in [-0.25, -0.2) is 0 Å². The Balaban J connectivity index is 0.00000361. The number of carbonyl (C=O) groups is 2. The van der Waals surface area contributed by atoms with Crippen LogP contribution >= 0.6 is 39.7 Å². The second-order valence-corrected chi connectivity index (χ2v) is 6.82. The first-order valence-electron chi connectivity index (χ1n) is 5.99. The number of thiophene rings is 1. The molecule has 20 heavy (non-hydrogen) atoms. The van der Waals surface area contributed by atoms with Crippen LogP contribution < -0.4 is 16.4 Å². The first kappa shape index (κ1) is 19.4. The van der Waals surface area contributed by atoms with Crippen molar-refractivity contribution in [3.8, 4) is 0 Å². The molecule has 2 atom stereocenters. The van der Waals surface area contributed by atoms with Gasteiger partial charge in [-0.3, -0.25) is 9.59 Å². The van der Waals surface area contributed by atoms with E-state index < -0.39 is 6.04 Å². The number of nitrogens with one attached hydrogen (secondary N) is 2. The van der Waals surface area contributed by atoms with Crippen LogP contribution in [0.5, 0.6) is 0 Å². The molecule has 0 saturated heterocycles. The molecule has 0 saturated carbocycles. The van der Waals surface area contributed by atoms with Gasteiger partial charge in [0, 0.05) is 12.6 Å². The van der Waals surface area contributed by atoms with Gasteiger partial charge in [0.1, 0.15) is 6.04 Å². The molecule has 2 unspecified atom stereocenters. The zero-order valence-corrected chi connectivity index (χ0v) is 14.5. The van der Waals surface area contributed by atoms with E-state index >= 15 is 0 Å². The minimum Gasteiger partial charge on any atom is -0.354 e. The molecule has 0 fully saturated rings. The van der Waals surface area contributed by atoms with Gasteiger partial charge in [-0.2, -0.15) is 0 Å². The van der Waals surface area contributed by atoms with E-state index in [1.54, 1.807) is 19.1 Å². The van der Waals surface area contributed by atoms with Crippen molar-refractivity contribution in [3.63, 3.8) is 0 Å². The van der Waals surface area contributed by atoms with Crippen molar-refractivity contribution in [2.75, 3.05) is 6.54 Å². The van der Waals surface area contributed by atoms with Crippen LogP contribution in [0.25, 0.3) is 0 Å². The van der Waals surface area contributed by atoms with Crippen LogP contribution in [0.3, 0.4) is 0 Å². The lowest BCUT2D eigenvalue weighted by molar-refractivity contribution is -0.122. The number of amides is 2. The number of rotatable bonds is 6. The van der Waals surface area contributed by atoms with E-state index in [0.29, 0.717) is 17.8 Å². The Labute approximate surface area is 137 Å². The Morgan fingerprint density at radius 1 is 1.40 bits per heavy atom. The molecule has 0 aliphatic carbocycles. The third kappa shape index (κ3) is 6.69. The number of halogens is 2. The lowest BCUT2D eigenvalue weighted by Crippen LogP contribution is -2.45. The van der Waals surface area contributed by atoms with Crippen molar-refractivity contribution in [2.45, 2.75) is 32.4 Å². The van der Waals surface area contributed by atoms with Gasteiger partial charge in [-0.15, -0.1) is 23.7 Å². The second-order valence-electron chi connectivity index (χ2n) is 4.36. The second kappa shape index (κ2) is 9.33. The Bertz CT molecular complexity index is 454. The van der Waals surface area contributed by atoms with Gasteiger partial charge in [-0.1, -0.05) is 0 Å². The van der Waals surface area contributed by atoms with E-state index in [1.807, 2.05) is 6.92 Å². The largest absolute Gasteiger partial charge is 0.354 e. The van der Waals surface area contributed by atoms with E-state index in [1.165, 1.54) is 11.3 Å². The standard InChI is InChI=1S/C12H18BrN3O2S.ClH/c1-7(14)5-6-15-11(17)8(2)16-12(18)9-3-4-10(13)19-9;/h3-4,7-8H,5-6,14H2,1-2H3,(H,15,17)(H,16,18);1H. The van der Waals surface area contributed by atoms with E-state index in [4.69, 9.17) is 5.73 Å². The fraction of sp³-hybridized carbons (Fsp3) is 0.500. The molecule has 0 radical (unpaired) electrons. The monoisotopic (exact) mass is 383 g/mol. The summed E-state index contributed by atoms with van der Waals surface area (Å²) in [5.41, 5.74) is 5.59. The van der Waals surface area contributed by atoms with Crippen molar-refractivity contribution in [2.24, 2.45) is 5.73 Å². The van der Waals surface area contributed by atoms with Gasteiger partial charge in [0.15, 0.2) is 0 Å². The van der Waals surface area contributed by atoms with E-state index in [-0.39, 0.29) is 30.3 Å². The maximum Gasteiger partial charge on any atom is 0.262 e. The zero-order chi connectivity index (χ0) is 14.4. The molecule has 114 valence electrons. The normalized spacial score (nSPS) is 13.0. The molecular formula is C12H19BrClN3O2S. The van der Waals surface area contributed by atoms with Gasteiger partial charge in [0.05, 0.1) is 8.66 Å². The van der Waals surface area contributed by atoms with Crippen LogP contribution in [0.4, 0.5) is 0 Å². The summed E-state index contributed by atoms with van der Waals surface area (Å²) >= 11 is 4.62. The molecule has 0 aromatic carbocycles. The molecular weight excluding hydrogens is 366 g/mol. The molecule has 8 heteroatoms. The minimum atomic E-state index is -0.568. The van der Waals surface area contributed by atoms with Crippen molar-refractivity contribution in [1.82, 2.24) is 10.6 Å². The van der Waals surface area contributed by atoms with Crippen molar-refractivity contribution >= 4 is 51.5 Å². The van der Waals surface area contributed by atoms with Gasteiger partial charge >= 0.3 is 0 Å². The number of hydrogen-bond donors (Lipinski definition) is 3. The first-order chi connectivity index (χ1) is 8.90. The van der Waals surface area contributed by atoms with E-state index in [2.05, 4.69) is 26.6 Å². The molecule has 0 bridgehead atoms. The van der Waals surface area contributed by atoms with Crippen molar-refractivity contribution < 1.29 is 9.59 Å². The maximum absolute atomic E-state index is 11.8. The van der Waals surface area contributed by atoms with Gasteiger partial charge in [0.2, 0.25) is 5.91 Å². The van der Waals surface area contributed by atoms with Gasteiger partial charge < -0.3 is 16.4 Å². The van der Waals surface area contributed by atoms with Crippen LogP contribution in [-0.2, 0) is 4.79 Å². The number of hydrogen-bond acceptors (Lipinski definition) is 4. The molecule has 0 aliphatic heterocycles. The number of carbonyl (C=O) groups excluding carboxylic acids is 2. The molecule has 1 aromatic rings. The van der Waals surface area contributed by atoms with Crippen LogP contribution in [0, 0.1) is 0 Å². The van der Waals surface area contributed by atoms with E-state index in [9.17, 15) is 9.59 Å². The molecule has 2 amide bonds. The SMILES string of the molecule is CC(N)CCNC(=O)C(C)NC(=O)c1ccc(Br)s1.Cl. The first-order valence-corrected chi connectivity index (χ1v) is 7.60. The maximum atomic E-state index is 11.8. The summed E-state index contributed by atoms with van der Waals surface area (Å²) < 4.78 is 0.881. The highest BCUT2D eigenvalue weighted by molar-refractivity contribution is 9.11. The summed E-state index contributed by atoms with van der Waals surface area (Å²) in [7, 11) is 0. The summed E-state index contributed by atoms with van der Waals surface area (Å²) in [6, 6.07) is 2.99. The van der Waals surface area contributed by atoms with Crippen LogP contribution in [-0.4, -0.2) is 30.4 Å². The number of nitrogens with two attached hydrogens (primary N) is 1. The van der Waals surface area contributed by atoms with Crippen molar-refractivity contribution in [3.05, 3.63) is 20.8 Å². The summed E-state index contributed by atoms with van der Waals surface area (Å²) in [6.07, 6.45) is 0.713. The average Bonchev–Trinajstić information content (AvgIpc) is 2.75. The molecule has 4 N–H and O–H groups in total. The van der Waals surface area contributed by atoms with Gasteiger partial charge in [0.25, 0.3) is 5.91 Å². The summed E-state index contributed by atoms with van der Waals surface area (Å²) in [5.74, 6) is -0.449. The van der Waals surface area contributed by atoms with E-state index in [0.717, 1.165) is 3.79 Å². The molecule has 1 heterocycles. The summed E-state index contributed by atoms with van der Waals surface area (Å²) in [6.45, 7) is 4.05. The molecule has 0 aliphatic rings. The zero-order valence-electron chi connectivity index (χ0n) is 11.3. The molecule has 1 aromatic heterocycles. The quantitative estimate of drug-likeness (QED) is 0.700. The minimum absolute atomic E-state index is 0. The molecule has 1 rings (SSSR count). The summed E-state index contributed by atoms with van der Waals surface area (Å²) in [5, 5.41) is 5.39. The smallest absolute Gasteiger partial charge is 0.262 e. The van der Waals surface area contributed by atoms with Crippen LogP contribution in [0.1, 0.15) is 29.9 Å². The average molecular weight is 385 g/mol. The third-order valence-corrected chi connectivity index (χ3v) is 4.06. The third-order valence-electron chi connectivity index (χ3n) is 2.44. The van der Waals surface area contributed by atoms with Crippen LogP contribution in [0.15, 0.2) is 15.9 Å². The predicted octanol–water partition coefficient (Wildman–Crippen LogP) is 1.90.